The minimum Gasteiger partial charge on any atom is -0.481 e. The van der Waals surface area contributed by atoms with Crippen LogP contribution < -0.4 is 10.6 Å². The summed E-state index contributed by atoms with van der Waals surface area (Å²) in [6, 6.07) is 7.32. The lowest BCUT2D eigenvalue weighted by Gasteiger charge is -2.38. The molecule has 1 aromatic heterocycles. The lowest BCUT2D eigenvalue weighted by molar-refractivity contribution is -0.160. The Morgan fingerprint density at radius 1 is 0.945 bits per heavy atom. The van der Waals surface area contributed by atoms with Crippen molar-refractivity contribution >= 4 is 47.0 Å². The van der Waals surface area contributed by atoms with Gasteiger partial charge in [-0.15, -0.1) is 11.3 Å². The van der Waals surface area contributed by atoms with Crippen LogP contribution in [0.15, 0.2) is 35.7 Å². The summed E-state index contributed by atoms with van der Waals surface area (Å²) in [5, 5.41) is 17.3. The number of carbonyl (C=O) groups excluding carboxylic acids is 5. The summed E-state index contributed by atoms with van der Waals surface area (Å²) in [5.74, 6) is -4.56. The van der Waals surface area contributed by atoms with Gasteiger partial charge in [0, 0.05) is 37.2 Å². The van der Waals surface area contributed by atoms with Crippen molar-refractivity contribution in [1.82, 2.24) is 25.4 Å². The fourth-order valence-corrected chi connectivity index (χ4v) is 6.86. The van der Waals surface area contributed by atoms with Crippen molar-refractivity contribution < 1.29 is 43.3 Å². The van der Waals surface area contributed by atoms with Crippen LogP contribution in [-0.2, 0) is 39.9 Å². The quantitative estimate of drug-likeness (QED) is 0.101. The summed E-state index contributed by atoms with van der Waals surface area (Å²) in [5.41, 5.74) is 0.996. The van der Waals surface area contributed by atoms with Gasteiger partial charge in [0.15, 0.2) is 12.8 Å². The molecule has 0 spiro atoms. The monoisotopic (exact) mass is 787 g/mol. The van der Waals surface area contributed by atoms with Gasteiger partial charge in [-0.3, -0.25) is 28.8 Å². The highest BCUT2D eigenvalue weighted by molar-refractivity contribution is 7.09. The molecule has 6 unspecified atom stereocenters. The van der Waals surface area contributed by atoms with Gasteiger partial charge in [0.1, 0.15) is 16.7 Å². The van der Waals surface area contributed by atoms with Crippen LogP contribution in [0.2, 0.25) is 0 Å². The van der Waals surface area contributed by atoms with Crippen molar-refractivity contribution in [2.75, 3.05) is 27.4 Å². The van der Waals surface area contributed by atoms with Crippen LogP contribution in [0.1, 0.15) is 108 Å². The molecule has 0 aliphatic heterocycles. The molecule has 1 aromatic carbocycles. The Morgan fingerprint density at radius 3 is 2.15 bits per heavy atom. The molecule has 3 amide bonds. The van der Waals surface area contributed by atoms with Gasteiger partial charge < -0.3 is 35.0 Å². The molecule has 14 nitrogen and oxygen atoms in total. The summed E-state index contributed by atoms with van der Waals surface area (Å²) in [7, 11) is 3.50. The number of nitrogens with one attached hydrogen (secondary N) is 2. The topological polar surface area (TPSA) is 185 Å². The van der Waals surface area contributed by atoms with E-state index in [1.165, 1.54) is 11.8 Å². The highest BCUT2D eigenvalue weighted by atomic mass is 32.1. The van der Waals surface area contributed by atoms with E-state index >= 15 is 0 Å². The van der Waals surface area contributed by atoms with Crippen LogP contribution in [-0.4, -0.2) is 101 Å². The van der Waals surface area contributed by atoms with Gasteiger partial charge in [-0.25, -0.2) is 4.98 Å². The maximum atomic E-state index is 14.5. The van der Waals surface area contributed by atoms with Crippen LogP contribution in [0.25, 0.3) is 0 Å². The van der Waals surface area contributed by atoms with Crippen molar-refractivity contribution in [3.8, 4) is 0 Å². The Labute approximate surface area is 329 Å². The zero-order valence-corrected chi connectivity index (χ0v) is 34.8. The van der Waals surface area contributed by atoms with Gasteiger partial charge in [0.05, 0.1) is 12.5 Å². The first-order valence-corrected chi connectivity index (χ1v) is 19.8. The average molecular weight is 788 g/mol. The number of rotatable bonds is 23. The highest BCUT2D eigenvalue weighted by Crippen LogP contribution is 2.32. The number of esters is 2. The average Bonchev–Trinajstić information content (AvgIpc) is 3.59. The van der Waals surface area contributed by atoms with E-state index in [1.807, 2.05) is 71.9 Å². The third-order valence-corrected chi connectivity index (χ3v) is 10.1. The summed E-state index contributed by atoms with van der Waals surface area (Å²) >= 11 is 1.11. The van der Waals surface area contributed by atoms with Gasteiger partial charge in [-0.2, -0.15) is 0 Å². The lowest BCUT2D eigenvalue weighted by Crippen LogP contribution is -2.57. The number of hydrogen-bond acceptors (Lipinski definition) is 11. The van der Waals surface area contributed by atoms with Crippen LogP contribution in [0.4, 0.5) is 0 Å². The second-order valence-electron chi connectivity index (χ2n) is 15.3. The fraction of sp³-hybridized carbons (Fsp3) is 0.625. The first kappa shape index (κ1) is 46.8. The van der Waals surface area contributed by atoms with E-state index in [1.54, 1.807) is 31.3 Å². The Hall–Kier alpha value is -4.37. The van der Waals surface area contributed by atoms with E-state index in [2.05, 4.69) is 15.6 Å². The van der Waals surface area contributed by atoms with Crippen molar-refractivity contribution in [3.05, 3.63) is 52.0 Å². The molecule has 6 atom stereocenters. The van der Waals surface area contributed by atoms with Gasteiger partial charge in [-0.05, 0) is 50.3 Å². The maximum absolute atomic E-state index is 14.5. The molecule has 0 saturated heterocycles. The molecule has 0 saturated carbocycles. The smallest absolute Gasteiger partial charge is 0.307 e. The standard InChI is InChI=1S/C40H61N5O9S/c1-11-26(6)36(43-34(47)21-44(9)10)39(50)45(23-53-35(48)17-24(2)3)32(25(4)5)20-33(54-28(8)46)38-42-31(22-55-38)37(49)41-30(18-27(7)40(51)52)19-29-15-13-12-14-16-29/h12-16,22,24-27,30,32-33,36H,11,17-21,23H2,1-10H3,(H,41,49)(H,43,47)(H,51,52). The lowest BCUT2D eigenvalue weighted by atomic mass is 9.93. The maximum Gasteiger partial charge on any atom is 0.307 e. The predicted octanol–water partition coefficient (Wildman–Crippen LogP) is 5.08. The van der Waals surface area contributed by atoms with Crippen LogP contribution in [0.5, 0.6) is 0 Å². The van der Waals surface area contributed by atoms with Gasteiger partial charge in [0.25, 0.3) is 5.91 Å². The predicted molar refractivity (Wildman–Crippen MR) is 210 cm³/mol. The minimum atomic E-state index is -0.990. The second kappa shape index (κ2) is 22.9. The Bertz CT molecular complexity index is 1560. The normalized spacial score (nSPS) is 14.7. The molecule has 0 aliphatic carbocycles. The van der Waals surface area contributed by atoms with E-state index in [0.717, 1.165) is 16.9 Å². The SMILES string of the molecule is CCC(C)C(NC(=O)CN(C)C)C(=O)N(COC(=O)CC(C)C)C(CC(OC(C)=O)c1nc(C(=O)NC(Cc2ccccc2)CC(C)C(=O)O)cs1)C(C)C. The highest BCUT2D eigenvalue weighted by Gasteiger charge is 2.38. The molecule has 0 radical (unpaired) electrons. The Balaban J connectivity index is 2.49. The van der Waals surface area contributed by atoms with Gasteiger partial charge >= 0.3 is 17.9 Å². The number of aliphatic carboxylic acids is 1. The third kappa shape index (κ3) is 16.1. The van der Waals surface area contributed by atoms with Crippen LogP contribution in [0.3, 0.4) is 0 Å². The number of likely N-dealkylation sites (N-methyl/N-ethyl adjacent to an activating group) is 1. The van der Waals surface area contributed by atoms with E-state index in [9.17, 15) is 33.9 Å². The van der Waals surface area contributed by atoms with E-state index < -0.39 is 59.9 Å². The first-order chi connectivity index (χ1) is 25.8. The molecule has 55 heavy (non-hydrogen) atoms. The molecule has 0 aliphatic rings. The summed E-state index contributed by atoms with van der Waals surface area (Å²) in [6.45, 7) is 13.8. The summed E-state index contributed by atoms with van der Waals surface area (Å²) in [6.07, 6.45) is 0.378. The third-order valence-electron chi connectivity index (χ3n) is 9.16. The molecule has 2 rings (SSSR count). The molecule has 15 heteroatoms. The van der Waals surface area contributed by atoms with E-state index in [4.69, 9.17) is 9.47 Å². The van der Waals surface area contributed by atoms with Crippen molar-refractivity contribution in [1.29, 1.82) is 0 Å². The molecule has 1 heterocycles. The van der Waals surface area contributed by atoms with Crippen LogP contribution in [0, 0.1) is 23.7 Å². The molecular formula is C40H61N5O9S. The number of carboxylic acids is 1. The van der Waals surface area contributed by atoms with Crippen molar-refractivity contribution in [2.24, 2.45) is 23.7 Å². The summed E-state index contributed by atoms with van der Waals surface area (Å²) in [4.78, 5) is 85.7. The number of hydrogen-bond donors (Lipinski definition) is 3. The first-order valence-electron chi connectivity index (χ1n) is 18.9. The molecular weight excluding hydrogens is 727 g/mol. The number of amides is 3. The number of thiazole rings is 1. The van der Waals surface area contributed by atoms with E-state index in [0.29, 0.717) is 17.8 Å². The summed E-state index contributed by atoms with van der Waals surface area (Å²) < 4.78 is 11.4. The number of nitrogens with zero attached hydrogens (tertiary/aromatic N) is 3. The van der Waals surface area contributed by atoms with Crippen LogP contribution >= 0.6 is 11.3 Å². The zero-order valence-electron chi connectivity index (χ0n) is 34.0. The fourth-order valence-electron chi connectivity index (χ4n) is 6.02. The number of benzene rings is 1. The number of carboxylic acid groups (broad SMARTS) is 1. The van der Waals surface area contributed by atoms with Gasteiger partial charge in [-0.1, -0.05) is 85.2 Å². The second-order valence-corrected chi connectivity index (χ2v) is 16.2. The number of carbonyl (C=O) groups is 6. The molecule has 2 aromatic rings. The Kier molecular flexibility index (Phi) is 19.5. The van der Waals surface area contributed by atoms with Gasteiger partial charge in [0.2, 0.25) is 11.8 Å². The molecule has 306 valence electrons. The Morgan fingerprint density at radius 2 is 1.60 bits per heavy atom. The number of aromatic nitrogens is 1. The van der Waals surface area contributed by atoms with Crippen molar-refractivity contribution in [3.63, 3.8) is 0 Å². The zero-order chi connectivity index (χ0) is 41.4. The number of ether oxygens (including phenoxy) is 2. The minimum absolute atomic E-state index is 0.0227. The van der Waals surface area contributed by atoms with Crippen molar-refractivity contribution in [2.45, 2.75) is 112 Å². The molecule has 0 fully saturated rings. The molecule has 3 N–H and O–H groups in total. The molecule has 0 bridgehead atoms. The van der Waals surface area contributed by atoms with E-state index in [-0.39, 0.29) is 61.9 Å². The largest absolute Gasteiger partial charge is 0.481 e.